The highest BCUT2D eigenvalue weighted by molar-refractivity contribution is 8.00. The fraction of sp³-hybridized carbons (Fsp3) is 0.188. The van der Waals surface area contributed by atoms with Crippen molar-refractivity contribution in [1.82, 2.24) is 5.32 Å². The molecule has 0 heterocycles. The van der Waals surface area contributed by atoms with Gasteiger partial charge in [0.05, 0.1) is 5.75 Å². The minimum atomic E-state index is -0.00453. The Labute approximate surface area is 133 Å². The zero-order valence-corrected chi connectivity index (χ0v) is 13.0. The first-order chi connectivity index (χ1) is 10.1. The monoisotopic (exact) mass is 321 g/mol. The molecule has 5 heteroatoms. The molecule has 1 amide bonds. The summed E-state index contributed by atoms with van der Waals surface area (Å²) < 4.78 is 0. The van der Waals surface area contributed by atoms with E-state index in [-0.39, 0.29) is 11.7 Å². The molecule has 2 aromatic carbocycles. The predicted molar refractivity (Wildman–Crippen MR) is 87.0 cm³/mol. The van der Waals surface area contributed by atoms with Crippen LogP contribution in [0.4, 0.5) is 0 Å². The van der Waals surface area contributed by atoms with Gasteiger partial charge in [0.2, 0.25) is 5.91 Å². The summed E-state index contributed by atoms with van der Waals surface area (Å²) in [6.45, 7) is 0.593. The highest BCUT2D eigenvalue weighted by Gasteiger charge is 2.03. The van der Waals surface area contributed by atoms with Gasteiger partial charge in [-0.2, -0.15) is 0 Å². The Morgan fingerprint density at radius 1 is 1.19 bits per heavy atom. The van der Waals surface area contributed by atoms with Crippen molar-refractivity contribution in [3.63, 3.8) is 0 Å². The summed E-state index contributed by atoms with van der Waals surface area (Å²) >= 11 is 7.35. The molecule has 0 saturated carbocycles. The largest absolute Gasteiger partial charge is 0.508 e. The van der Waals surface area contributed by atoms with Crippen molar-refractivity contribution in [3.05, 3.63) is 59.1 Å². The molecule has 0 fully saturated rings. The van der Waals surface area contributed by atoms with Crippen LogP contribution in [0.5, 0.6) is 5.75 Å². The molecule has 0 atom stereocenters. The molecule has 0 aliphatic heterocycles. The van der Waals surface area contributed by atoms with Crippen LogP contribution in [0.15, 0.2) is 53.4 Å². The van der Waals surface area contributed by atoms with Gasteiger partial charge in [-0.25, -0.2) is 0 Å². The van der Waals surface area contributed by atoms with Gasteiger partial charge in [0, 0.05) is 16.5 Å². The SMILES string of the molecule is O=C(CSc1ccc(O)cc1)NCCc1cccc(Cl)c1. The number of carbonyl (C=O) groups excluding carboxylic acids is 1. The van der Waals surface area contributed by atoms with E-state index in [2.05, 4.69) is 5.32 Å². The van der Waals surface area contributed by atoms with E-state index >= 15 is 0 Å². The maximum absolute atomic E-state index is 11.7. The zero-order chi connectivity index (χ0) is 15.1. The molecule has 2 aromatic rings. The first kappa shape index (κ1) is 15.7. The van der Waals surface area contributed by atoms with Crippen LogP contribution in [-0.2, 0) is 11.2 Å². The Morgan fingerprint density at radius 2 is 1.95 bits per heavy atom. The summed E-state index contributed by atoms with van der Waals surface area (Å²) in [6.07, 6.45) is 0.760. The Morgan fingerprint density at radius 3 is 2.67 bits per heavy atom. The Hall–Kier alpha value is -1.65. The summed E-state index contributed by atoms with van der Waals surface area (Å²) in [7, 11) is 0. The normalized spacial score (nSPS) is 10.3. The first-order valence-electron chi connectivity index (χ1n) is 6.56. The smallest absolute Gasteiger partial charge is 0.230 e. The Kier molecular flexibility index (Phi) is 5.96. The third-order valence-electron chi connectivity index (χ3n) is 2.83. The standard InChI is InChI=1S/C16H16ClNO2S/c17-13-3-1-2-12(10-13)8-9-18-16(20)11-21-15-6-4-14(19)5-7-15/h1-7,10,19H,8-9,11H2,(H,18,20). The zero-order valence-electron chi connectivity index (χ0n) is 11.4. The fourth-order valence-electron chi connectivity index (χ4n) is 1.78. The average Bonchev–Trinajstić information content (AvgIpc) is 2.47. The molecule has 0 aliphatic rings. The van der Waals surface area contributed by atoms with E-state index in [1.54, 1.807) is 24.3 Å². The van der Waals surface area contributed by atoms with Crippen molar-refractivity contribution < 1.29 is 9.90 Å². The lowest BCUT2D eigenvalue weighted by atomic mass is 10.1. The second-order valence-corrected chi connectivity index (χ2v) is 6.00. The maximum Gasteiger partial charge on any atom is 0.230 e. The number of phenols is 1. The van der Waals surface area contributed by atoms with Crippen LogP contribution in [0.3, 0.4) is 0 Å². The molecular formula is C16H16ClNO2S. The lowest BCUT2D eigenvalue weighted by Gasteiger charge is -2.06. The third kappa shape index (κ3) is 5.69. The number of hydrogen-bond acceptors (Lipinski definition) is 3. The van der Waals surface area contributed by atoms with Gasteiger partial charge < -0.3 is 10.4 Å². The van der Waals surface area contributed by atoms with Crippen molar-refractivity contribution in [2.75, 3.05) is 12.3 Å². The molecule has 2 N–H and O–H groups in total. The number of thioether (sulfide) groups is 1. The van der Waals surface area contributed by atoms with Crippen LogP contribution in [0, 0.1) is 0 Å². The second kappa shape index (κ2) is 7.96. The van der Waals surface area contributed by atoms with E-state index < -0.39 is 0 Å². The van der Waals surface area contributed by atoms with Crippen molar-refractivity contribution in [3.8, 4) is 5.75 Å². The number of rotatable bonds is 6. The predicted octanol–water partition coefficient (Wildman–Crippen LogP) is 3.50. The minimum Gasteiger partial charge on any atom is -0.508 e. The molecule has 0 spiro atoms. The molecule has 3 nitrogen and oxygen atoms in total. The third-order valence-corrected chi connectivity index (χ3v) is 4.08. The van der Waals surface area contributed by atoms with Crippen LogP contribution in [-0.4, -0.2) is 23.3 Å². The first-order valence-corrected chi connectivity index (χ1v) is 7.93. The number of aromatic hydroxyl groups is 1. The quantitative estimate of drug-likeness (QED) is 0.801. The summed E-state index contributed by atoms with van der Waals surface area (Å²) in [6, 6.07) is 14.4. The molecule has 2 rings (SSSR count). The second-order valence-electron chi connectivity index (χ2n) is 4.51. The van der Waals surface area contributed by atoms with E-state index in [1.165, 1.54) is 11.8 Å². The van der Waals surface area contributed by atoms with Gasteiger partial charge in [0.15, 0.2) is 0 Å². The molecule has 0 aromatic heterocycles. The van der Waals surface area contributed by atoms with E-state index in [4.69, 9.17) is 11.6 Å². The van der Waals surface area contributed by atoms with E-state index in [0.29, 0.717) is 17.3 Å². The topological polar surface area (TPSA) is 49.3 Å². The van der Waals surface area contributed by atoms with Crippen LogP contribution in [0.2, 0.25) is 5.02 Å². The van der Waals surface area contributed by atoms with Gasteiger partial charge in [-0.05, 0) is 48.4 Å². The lowest BCUT2D eigenvalue weighted by Crippen LogP contribution is -2.27. The van der Waals surface area contributed by atoms with Crippen molar-refractivity contribution in [1.29, 1.82) is 0 Å². The molecule has 0 radical (unpaired) electrons. The number of halogens is 1. The van der Waals surface area contributed by atoms with E-state index in [9.17, 15) is 9.90 Å². The van der Waals surface area contributed by atoms with E-state index in [0.717, 1.165) is 16.9 Å². The molecule has 0 saturated heterocycles. The van der Waals surface area contributed by atoms with Crippen LogP contribution in [0.1, 0.15) is 5.56 Å². The molecular weight excluding hydrogens is 306 g/mol. The van der Waals surface area contributed by atoms with Gasteiger partial charge in [-0.3, -0.25) is 4.79 Å². The number of amides is 1. The summed E-state index contributed by atoms with van der Waals surface area (Å²) in [5, 5.41) is 12.8. The van der Waals surface area contributed by atoms with Gasteiger partial charge in [0.25, 0.3) is 0 Å². The molecule has 21 heavy (non-hydrogen) atoms. The van der Waals surface area contributed by atoms with Gasteiger partial charge in [0.1, 0.15) is 5.75 Å². The number of nitrogens with one attached hydrogen (secondary N) is 1. The number of carbonyl (C=O) groups is 1. The highest BCUT2D eigenvalue weighted by atomic mass is 35.5. The number of benzene rings is 2. The Balaban J connectivity index is 1.69. The number of hydrogen-bond donors (Lipinski definition) is 2. The van der Waals surface area contributed by atoms with Crippen molar-refractivity contribution in [2.24, 2.45) is 0 Å². The summed E-state index contributed by atoms with van der Waals surface area (Å²) in [5.74, 6) is 0.584. The van der Waals surface area contributed by atoms with Gasteiger partial charge >= 0.3 is 0 Å². The minimum absolute atomic E-state index is 0.00453. The van der Waals surface area contributed by atoms with Crippen molar-refractivity contribution in [2.45, 2.75) is 11.3 Å². The number of phenolic OH excluding ortho intramolecular Hbond substituents is 1. The summed E-state index contributed by atoms with van der Waals surface area (Å²) in [4.78, 5) is 12.7. The highest BCUT2D eigenvalue weighted by Crippen LogP contribution is 2.20. The lowest BCUT2D eigenvalue weighted by molar-refractivity contribution is -0.118. The maximum atomic E-state index is 11.7. The molecule has 0 unspecified atom stereocenters. The average molecular weight is 322 g/mol. The summed E-state index contributed by atoms with van der Waals surface area (Å²) in [5.41, 5.74) is 1.11. The van der Waals surface area contributed by atoms with Crippen LogP contribution < -0.4 is 5.32 Å². The van der Waals surface area contributed by atoms with E-state index in [1.807, 2.05) is 24.3 Å². The van der Waals surface area contributed by atoms with Gasteiger partial charge in [-0.15, -0.1) is 11.8 Å². The molecule has 110 valence electrons. The Bertz CT molecular complexity index is 601. The molecule has 0 bridgehead atoms. The fourth-order valence-corrected chi connectivity index (χ4v) is 2.72. The van der Waals surface area contributed by atoms with Crippen LogP contribution >= 0.6 is 23.4 Å². The van der Waals surface area contributed by atoms with Gasteiger partial charge in [-0.1, -0.05) is 23.7 Å². The van der Waals surface area contributed by atoms with Crippen molar-refractivity contribution >= 4 is 29.3 Å². The molecule has 0 aliphatic carbocycles. The van der Waals surface area contributed by atoms with Crippen LogP contribution in [0.25, 0.3) is 0 Å².